The molecule has 0 saturated carbocycles. The number of phenolic OH excluding ortho intramolecular Hbond substituents is 2. The van der Waals surface area contributed by atoms with Crippen LogP contribution in [-0.2, 0) is 23.8 Å². The Labute approximate surface area is 362 Å². The number of aliphatic hydroxyl groups excluding tert-OH is 3. The Hall–Kier alpha value is -4.58. The van der Waals surface area contributed by atoms with E-state index < -0.39 is 87.9 Å². The third-order valence-corrected chi connectivity index (χ3v) is 13.3. The van der Waals surface area contributed by atoms with E-state index in [1.54, 1.807) is 65.8 Å². The number of nitrogens with one attached hydrogen (secondary N) is 1. The van der Waals surface area contributed by atoms with Crippen molar-refractivity contribution in [2.24, 2.45) is 39.6 Å². The number of hydroxylamine groups is 3. The van der Waals surface area contributed by atoms with Crippen LogP contribution in [0.2, 0.25) is 0 Å². The zero-order chi connectivity index (χ0) is 45.8. The highest BCUT2D eigenvalue weighted by Gasteiger charge is 2.50. The van der Waals surface area contributed by atoms with Gasteiger partial charge in [0.2, 0.25) is 0 Å². The Kier molecular flexibility index (Phi) is 13.3. The van der Waals surface area contributed by atoms with Crippen LogP contribution in [0.1, 0.15) is 92.4 Å². The second-order valence-electron chi connectivity index (χ2n) is 18.5. The van der Waals surface area contributed by atoms with Crippen molar-refractivity contribution in [1.29, 1.82) is 0 Å². The van der Waals surface area contributed by atoms with E-state index in [2.05, 4.69) is 5.32 Å². The summed E-state index contributed by atoms with van der Waals surface area (Å²) in [5.41, 5.74) is -0.651. The van der Waals surface area contributed by atoms with Crippen LogP contribution >= 0.6 is 0 Å². The number of carbonyl (C=O) groups excluding carboxylic acids is 2. The van der Waals surface area contributed by atoms with Gasteiger partial charge in [-0.15, -0.1) is 0 Å². The number of hydrogen-bond acceptors (Lipinski definition) is 14. The van der Waals surface area contributed by atoms with E-state index in [9.17, 15) is 40.3 Å². The van der Waals surface area contributed by atoms with Crippen molar-refractivity contribution < 1.29 is 58.7 Å². The smallest absolute Gasteiger partial charge is 0.302 e. The number of ether oxygens (including phenoxy) is 4. The zero-order valence-corrected chi connectivity index (χ0v) is 37.6. The maximum Gasteiger partial charge on any atom is 0.302 e. The van der Waals surface area contributed by atoms with Gasteiger partial charge in [-0.25, -0.2) is 0 Å². The van der Waals surface area contributed by atoms with Gasteiger partial charge in [-0.05, 0) is 19.9 Å². The first-order valence-corrected chi connectivity index (χ1v) is 21.5. The summed E-state index contributed by atoms with van der Waals surface area (Å²) in [5, 5.41) is 76.1. The number of methoxy groups -OCH3 is 1. The van der Waals surface area contributed by atoms with Gasteiger partial charge in [0.1, 0.15) is 28.6 Å². The number of amides is 1. The van der Waals surface area contributed by atoms with Gasteiger partial charge in [0, 0.05) is 85.5 Å². The average Bonchev–Trinajstić information content (AvgIpc) is 3.72. The summed E-state index contributed by atoms with van der Waals surface area (Å²) in [5.74, 6) is -5.99. The normalized spacial score (nSPS) is 37.1. The molecule has 340 valence electrons. The number of phenols is 2. The maximum atomic E-state index is 13.9. The lowest BCUT2D eigenvalue weighted by atomic mass is 9.78. The number of quaternary nitrogens is 1. The van der Waals surface area contributed by atoms with Gasteiger partial charge in [0.15, 0.2) is 17.5 Å². The summed E-state index contributed by atoms with van der Waals surface area (Å²) in [6, 6.07) is 0. The molecule has 0 aromatic heterocycles. The number of benzene rings is 2. The average molecular weight is 865 g/mol. The number of esters is 1. The third-order valence-electron chi connectivity index (χ3n) is 13.3. The van der Waals surface area contributed by atoms with Gasteiger partial charge >= 0.3 is 5.97 Å². The molecule has 16 nitrogen and oxygen atoms in total. The van der Waals surface area contributed by atoms with E-state index in [0.29, 0.717) is 6.54 Å². The lowest BCUT2D eigenvalue weighted by Gasteiger charge is -2.49. The van der Waals surface area contributed by atoms with E-state index in [0.717, 1.165) is 0 Å². The first-order chi connectivity index (χ1) is 29.0. The summed E-state index contributed by atoms with van der Waals surface area (Å²) in [7, 11) is 1.47. The van der Waals surface area contributed by atoms with Gasteiger partial charge in [0.05, 0.1) is 55.0 Å². The molecule has 4 aliphatic heterocycles. The highest BCUT2D eigenvalue weighted by Crippen LogP contribution is 2.54. The van der Waals surface area contributed by atoms with Gasteiger partial charge in [-0.3, -0.25) is 19.6 Å². The SMILES string of the molecule is COC1/C=C/OC2(C)Oc3c(C)c(O)c4c(O)c(c5c(c4c3C2O)=NC2(CC[N+]([O-])(CC(C)C)CC2)N=5)NC(=O)/C(C)=C\C=C\C(C)C(O)C(C)C(O)C(C)C(OC(C)=O)C1C. The van der Waals surface area contributed by atoms with Crippen molar-refractivity contribution in [3.8, 4) is 17.2 Å². The summed E-state index contributed by atoms with van der Waals surface area (Å²) in [6.45, 7) is 17.8. The number of hydrogen-bond donors (Lipinski definition) is 6. The van der Waals surface area contributed by atoms with Crippen LogP contribution in [0.4, 0.5) is 5.69 Å². The molecule has 62 heavy (non-hydrogen) atoms. The predicted molar refractivity (Wildman–Crippen MR) is 230 cm³/mol. The molecule has 6 rings (SSSR count). The third kappa shape index (κ3) is 8.57. The molecule has 2 aromatic carbocycles. The van der Waals surface area contributed by atoms with Crippen LogP contribution in [0.25, 0.3) is 10.8 Å². The highest BCUT2D eigenvalue weighted by atomic mass is 16.7. The molecule has 10 atom stereocenters. The van der Waals surface area contributed by atoms with E-state index in [-0.39, 0.29) is 87.2 Å². The zero-order valence-electron chi connectivity index (χ0n) is 37.6. The fourth-order valence-electron chi connectivity index (χ4n) is 9.59. The van der Waals surface area contributed by atoms with Gasteiger partial charge in [-0.2, -0.15) is 0 Å². The number of carbonyl (C=O) groups is 2. The minimum absolute atomic E-state index is 0.0904. The molecule has 4 bridgehead atoms. The number of aliphatic hydroxyl groups is 3. The van der Waals surface area contributed by atoms with E-state index >= 15 is 0 Å². The summed E-state index contributed by atoms with van der Waals surface area (Å²) in [6.07, 6.45) is 2.96. The van der Waals surface area contributed by atoms with E-state index in [4.69, 9.17) is 28.9 Å². The number of anilines is 1. The minimum Gasteiger partial charge on any atom is -0.633 e. The van der Waals surface area contributed by atoms with Crippen molar-refractivity contribution in [3.05, 3.63) is 63.2 Å². The lowest BCUT2D eigenvalue weighted by molar-refractivity contribution is -0.889. The van der Waals surface area contributed by atoms with Crippen LogP contribution in [0.15, 0.2) is 46.1 Å². The molecule has 4 aliphatic rings. The van der Waals surface area contributed by atoms with Crippen molar-refractivity contribution in [2.45, 2.75) is 124 Å². The molecule has 6 N–H and O–H groups in total. The molecule has 4 heterocycles. The Morgan fingerprint density at radius 3 is 2.24 bits per heavy atom. The number of piperidine rings is 1. The lowest BCUT2D eigenvalue weighted by Crippen LogP contribution is -2.54. The van der Waals surface area contributed by atoms with Gasteiger partial charge in [-0.1, -0.05) is 59.8 Å². The number of fused-ring (bicyclic) bond motifs is 1. The first kappa shape index (κ1) is 46.9. The summed E-state index contributed by atoms with van der Waals surface area (Å²) in [4.78, 5) is 36.5. The predicted octanol–water partition coefficient (Wildman–Crippen LogP) is 4.61. The number of nitrogens with zero attached hydrogens (tertiary/aromatic N) is 3. The fraction of sp³-hybridized carbons (Fsp3) is 0.609. The van der Waals surface area contributed by atoms with Crippen molar-refractivity contribution in [3.63, 3.8) is 0 Å². The molecule has 2 aromatic rings. The van der Waals surface area contributed by atoms with Crippen LogP contribution in [0.5, 0.6) is 17.2 Å². The molecular formula is C46H64N4O12. The largest absolute Gasteiger partial charge is 0.633 e. The molecule has 1 fully saturated rings. The Morgan fingerprint density at radius 2 is 1.63 bits per heavy atom. The topological polar surface area (TPSA) is 232 Å². The second-order valence-corrected chi connectivity index (χ2v) is 18.5. The Bertz CT molecular complexity index is 2300. The van der Waals surface area contributed by atoms with E-state index in [1.807, 2.05) is 13.8 Å². The van der Waals surface area contributed by atoms with Crippen molar-refractivity contribution >= 4 is 28.3 Å². The van der Waals surface area contributed by atoms with Crippen LogP contribution in [-0.4, -0.2) is 105 Å². The molecular weight excluding hydrogens is 801 g/mol. The van der Waals surface area contributed by atoms with E-state index in [1.165, 1.54) is 27.2 Å². The van der Waals surface area contributed by atoms with Gasteiger partial charge in [0.25, 0.3) is 11.7 Å². The first-order valence-electron chi connectivity index (χ1n) is 21.5. The van der Waals surface area contributed by atoms with Gasteiger partial charge < -0.3 is 59.7 Å². The van der Waals surface area contributed by atoms with Crippen LogP contribution < -0.4 is 20.8 Å². The molecule has 10 unspecified atom stereocenters. The van der Waals surface area contributed by atoms with Crippen LogP contribution in [0, 0.1) is 41.7 Å². The molecule has 1 amide bonds. The Morgan fingerprint density at radius 1 is 0.984 bits per heavy atom. The number of aromatic hydroxyl groups is 2. The number of rotatable bonds is 4. The molecule has 0 radical (unpaired) electrons. The quantitative estimate of drug-likeness (QED) is 0.107. The monoisotopic (exact) mass is 864 g/mol. The second kappa shape index (κ2) is 17.5. The molecule has 16 heteroatoms. The molecule has 1 saturated heterocycles. The molecule has 1 spiro atoms. The number of likely N-dealkylation sites (tertiary alicyclic amines) is 1. The van der Waals surface area contributed by atoms with Crippen LogP contribution in [0.3, 0.4) is 0 Å². The summed E-state index contributed by atoms with van der Waals surface area (Å²) >= 11 is 0. The minimum atomic E-state index is -1.81. The standard InChI is InChI=1S/C46H64N4O12/c1-22(2)21-50(58)18-16-46(17-19-50)48-34-31-32-39(54)28(8)42-33(31)43(56)45(10,62-42)60-20-15-30(59-11)25(5)41(61-29(9)51)27(7)38(53)26(6)37(52)23(3)13-12-14-24(4)44(57)47-36(40(32)55)35(34)49-46/h12-15,20,22-23,25-27,30,37-38,41,43,52-56H,16-19,21H2,1-11H3,(H,47,57)/b13-12+,20-15+,24-14-. The number of allylic oxidation sites excluding steroid dienone is 2. The fourth-order valence-corrected chi connectivity index (χ4v) is 9.59. The molecule has 0 aliphatic carbocycles. The van der Waals surface area contributed by atoms with Crippen molar-refractivity contribution in [2.75, 3.05) is 32.1 Å². The van der Waals surface area contributed by atoms with Crippen molar-refractivity contribution in [1.82, 2.24) is 0 Å². The highest BCUT2D eigenvalue weighted by molar-refractivity contribution is 6.08. The maximum absolute atomic E-state index is 13.9. The Balaban J connectivity index is 1.54. The summed E-state index contributed by atoms with van der Waals surface area (Å²) < 4.78 is 23.8.